The number of esters is 1. The highest BCUT2D eigenvalue weighted by Crippen LogP contribution is 2.46. The Morgan fingerprint density at radius 3 is 2.52 bits per heavy atom. The molecule has 0 N–H and O–H groups in total. The summed E-state index contributed by atoms with van der Waals surface area (Å²) in [4.78, 5) is 12.5. The number of ether oxygens (including phenoxy) is 4. The fourth-order valence-corrected chi connectivity index (χ4v) is 2.75. The van der Waals surface area contributed by atoms with Crippen molar-refractivity contribution in [1.29, 1.82) is 0 Å². The molecule has 2 rings (SSSR count). The molecule has 1 aromatic carbocycles. The summed E-state index contributed by atoms with van der Waals surface area (Å²) in [7, 11) is 4.55. The van der Waals surface area contributed by atoms with Crippen LogP contribution in [0.25, 0.3) is 0 Å². The van der Waals surface area contributed by atoms with Crippen molar-refractivity contribution in [2.75, 3.05) is 27.9 Å². The SMILES string of the molecule is COC(=O)[C@]1(c2cc(C)ccc2OC)C[C@](C)(OC)CO1. The van der Waals surface area contributed by atoms with E-state index in [1.165, 1.54) is 7.11 Å². The molecule has 0 aliphatic carbocycles. The van der Waals surface area contributed by atoms with E-state index in [1.807, 2.05) is 32.0 Å². The molecule has 0 bridgehead atoms. The largest absolute Gasteiger partial charge is 0.496 e. The molecule has 0 aromatic heterocycles. The van der Waals surface area contributed by atoms with Crippen LogP contribution in [0, 0.1) is 6.92 Å². The summed E-state index contributed by atoms with van der Waals surface area (Å²) in [6.07, 6.45) is 0.378. The summed E-state index contributed by atoms with van der Waals surface area (Å²) in [5, 5.41) is 0. The number of methoxy groups -OCH3 is 3. The Bertz CT molecular complexity index is 541. The van der Waals surface area contributed by atoms with Gasteiger partial charge in [0.2, 0.25) is 0 Å². The first kappa shape index (κ1) is 15.8. The predicted octanol–water partition coefficient (Wildman–Crippen LogP) is 2.20. The average Bonchev–Trinajstić information content (AvgIpc) is 2.86. The van der Waals surface area contributed by atoms with Gasteiger partial charge >= 0.3 is 5.97 Å². The van der Waals surface area contributed by atoms with E-state index in [0.717, 1.165) is 5.56 Å². The molecule has 1 aliphatic rings. The van der Waals surface area contributed by atoms with E-state index < -0.39 is 17.2 Å². The Morgan fingerprint density at radius 2 is 2.00 bits per heavy atom. The van der Waals surface area contributed by atoms with Crippen LogP contribution in [0.15, 0.2) is 18.2 Å². The number of benzene rings is 1. The van der Waals surface area contributed by atoms with Gasteiger partial charge in [0.1, 0.15) is 5.75 Å². The maximum atomic E-state index is 12.5. The van der Waals surface area contributed by atoms with E-state index >= 15 is 0 Å². The first-order valence-electron chi connectivity index (χ1n) is 6.83. The van der Waals surface area contributed by atoms with Crippen LogP contribution in [0.1, 0.15) is 24.5 Å². The van der Waals surface area contributed by atoms with Crippen LogP contribution in [0.4, 0.5) is 0 Å². The van der Waals surface area contributed by atoms with Crippen molar-refractivity contribution in [3.05, 3.63) is 29.3 Å². The molecule has 0 amide bonds. The minimum absolute atomic E-state index is 0.315. The first-order chi connectivity index (χ1) is 9.90. The monoisotopic (exact) mass is 294 g/mol. The minimum Gasteiger partial charge on any atom is -0.496 e. The van der Waals surface area contributed by atoms with Crippen LogP contribution < -0.4 is 4.74 Å². The van der Waals surface area contributed by atoms with Crippen molar-refractivity contribution in [2.45, 2.75) is 31.5 Å². The van der Waals surface area contributed by atoms with Crippen LogP contribution in [-0.4, -0.2) is 39.5 Å². The molecule has 1 heterocycles. The number of hydrogen-bond donors (Lipinski definition) is 0. The second kappa shape index (κ2) is 5.66. The van der Waals surface area contributed by atoms with Crippen molar-refractivity contribution < 1.29 is 23.7 Å². The Kier molecular flexibility index (Phi) is 4.25. The summed E-state index contributed by atoms with van der Waals surface area (Å²) in [6, 6.07) is 5.66. The van der Waals surface area contributed by atoms with Crippen LogP contribution in [0.5, 0.6) is 5.75 Å². The van der Waals surface area contributed by atoms with E-state index in [-0.39, 0.29) is 0 Å². The summed E-state index contributed by atoms with van der Waals surface area (Å²) >= 11 is 0. The van der Waals surface area contributed by atoms with Crippen LogP contribution >= 0.6 is 0 Å². The molecule has 21 heavy (non-hydrogen) atoms. The van der Waals surface area contributed by atoms with Gasteiger partial charge in [0, 0.05) is 19.1 Å². The molecule has 5 heteroatoms. The summed E-state index contributed by atoms with van der Waals surface area (Å²) in [5.41, 5.74) is -0.0406. The van der Waals surface area contributed by atoms with E-state index in [2.05, 4.69) is 0 Å². The molecule has 5 nitrogen and oxygen atoms in total. The van der Waals surface area contributed by atoms with Crippen molar-refractivity contribution in [2.24, 2.45) is 0 Å². The average molecular weight is 294 g/mol. The van der Waals surface area contributed by atoms with Crippen molar-refractivity contribution in [1.82, 2.24) is 0 Å². The Morgan fingerprint density at radius 1 is 1.29 bits per heavy atom. The minimum atomic E-state index is -1.20. The molecular formula is C16H22O5. The molecule has 0 saturated carbocycles. The molecule has 2 atom stereocenters. The molecule has 1 aromatic rings. The topological polar surface area (TPSA) is 54.0 Å². The van der Waals surface area contributed by atoms with Crippen LogP contribution in [0.3, 0.4) is 0 Å². The highest BCUT2D eigenvalue weighted by Gasteiger charge is 2.55. The molecule has 0 spiro atoms. The van der Waals surface area contributed by atoms with E-state index in [4.69, 9.17) is 18.9 Å². The zero-order chi connectivity index (χ0) is 15.7. The lowest BCUT2D eigenvalue weighted by Crippen LogP contribution is -2.39. The highest BCUT2D eigenvalue weighted by molar-refractivity contribution is 5.83. The van der Waals surface area contributed by atoms with E-state index in [0.29, 0.717) is 24.3 Å². The van der Waals surface area contributed by atoms with Gasteiger partial charge in [0.15, 0.2) is 5.60 Å². The number of carbonyl (C=O) groups excluding carboxylic acids is 1. The third kappa shape index (κ3) is 2.63. The van der Waals surface area contributed by atoms with Gasteiger partial charge in [-0.05, 0) is 26.0 Å². The third-order valence-corrected chi connectivity index (χ3v) is 4.04. The molecule has 0 unspecified atom stereocenters. The number of hydrogen-bond acceptors (Lipinski definition) is 5. The lowest BCUT2D eigenvalue weighted by molar-refractivity contribution is -0.165. The van der Waals surface area contributed by atoms with Gasteiger partial charge in [-0.3, -0.25) is 0 Å². The molecular weight excluding hydrogens is 272 g/mol. The number of aryl methyl sites for hydroxylation is 1. The van der Waals surface area contributed by atoms with Gasteiger partial charge in [-0.15, -0.1) is 0 Å². The molecule has 0 radical (unpaired) electrons. The van der Waals surface area contributed by atoms with Gasteiger partial charge in [0.05, 0.1) is 26.4 Å². The van der Waals surface area contributed by atoms with E-state index in [1.54, 1.807) is 14.2 Å². The van der Waals surface area contributed by atoms with Gasteiger partial charge < -0.3 is 18.9 Å². The highest BCUT2D eigenvalue weighted by atomic mass is 16.6. The number of carbonyl (C=O) groups is 1. The lowest BCUT2D eigenvalue weighted by Gasteiger charge is -2.29. The van der Waals surface area contributed by atoms with Gasteiger partial charge in [-0.2, -0.15) is 0 Å². The maximum absolute atomic E-state index is 12.5. The molecule has 1 fully saturated rings. The van der Waals surface area contributed by atoms with Gasteiger partial charge in [-0.1, -0.05) is 11.6 Å². The summed E-state index contributed by atoms with van der Waals surface area (Å²) in [5.74, 6) is 0.165. The fraction of sp³-hybridized carbons (Fsp3) is 0.562. The Balaban J connectivity index is 2.58. The van der Waals surface area contributed by atoms with Crippen molar-refractivity contribution in [3.8, 4) is 5.75 Å². The van der Waals surface area contributed by atoms with E-state index in [9.17, 15) is 4.79 Å². The predicted molar refractivity (Wildman–Crippen MR) is 77.4 cm³/mol. The zero-order valence-corrected chi connectivity index (χ0v) is 13.2. The number of rotatable bonds is 4. The van der Waals surface area contributed by atoms with Crippen molar-refractivity contribution >= 4 is 5.97 Å². The fourth-order valence-electron chi connectivity index (χ4n) is 2.75. The standard InChI is InChI=1S/C16H22O5/c1-11-6-7-13(18-3)12(8-11)16(14(17)19-4)9-15(2,20-5)10-21-16/h6-8H,9-10H2,1-5H3/t15-,16+/m0/s1. The first-order valence-corrected chi connectivity index (χ1v) is 6.83. The second-order valence-corrected chi connectivity index (χ2v) is 5.64. The van der Waals surface area contributed by atoms with Crippen LogP contribution in [-0.2, 0) is 24.6 Å². The van der Waals surface area contributed by atoms with Crippen molar-refractivity contribution in [3.63, 3.8) is 0 Å². The lowest BCUT2D eigenvalue weighted by atomic mass is 9.84. The summed E-state index contributed by atoms with van der Waals surface area (Å²) in [6.45, 7) is 4.19. The maximum Gasteiger partial charge on any atom is 0.343 e. The summed E-state index contributed by atoms with van der Waals surface area (Å²) < 4.78 is 21.8. The molecule has 116 valence electrons. The van der Waals surface area contributed by atoms with Gasteiger partial charge in [-0.25, -0.2) is 4.79 Å². The quantitative estimate of drug-likeness (QED) is 0.797. The normalized spacial score (nSPS) is 28.4. The van der Waals surface area contributed by atoms with Gasteiger partial charge in [0.25, 0.3) is 0 Å². The molecule has 1 saturated heterocycles. The Hall–Kier alpha value is -1.59. The van der Waals surface area contributed by atoms with Crippen LogP contribution in [0.2, 0.25) is 0 Å². The Labute approximate surface area is 125 Å². The second-order valence-electron chi connectivity index (χ2n) is 5.64. The molecule has 1 aliphatic heterocycles. The smallest absolute Gasteiger partial charge is 0.343 e. The third-order valence-electron chi connectivity index (χ3n) is 4.04. The zero-order valence-electron chi connectivity index (χ0n) is 13.2.